The van der Waals surface area contributed by atoms with E-state index < -0.39 is 10.0 Å². The van der Waals surface area contributed by atoms with Crippen LogP contribution in [0.5, 0.6) is 11.5 Å². The lowest BCUT2D eigenvalue weighted by Gasteiger charge is -2.03. The average Bonchev–Trinajstić information content (AvgIpc) is 3.32. The third kappa shape index (κ3) is 7.40. The monoisotopic (exact) mass is 496 g/mol. The van der Waals surface area contributed by atoms with Gasteiger partial charge in [0.25, 0.3) is 0 Å². The van der Waals surface area contributed by atoms with Crippen molar-refractivity contribution in [3.63, 3.8) is 0 Å². The molecule has 0 radical (unpaired) electrons. The van der Waals surface area contributed by atoms with E-state index in [0.717, 1.165) is 39.4 Å². The predicted octanol–water partition coefficient (Wildman–Crippen LogP) is 3.79. The van der Waals surface area contributed by atoms with Crippen LogP contribution in [0.2, 0.25) is 0 Å². The van der Waals surface area contributed by atoms with E-state index in [1.165, 1.54) is 0 Å². The predicted molar refractivity (Wildman–Crippen MR) is 138 cm³/mol. The van der Waals surface area contributed by atoms with Crippen LogP contribution >= 0.6 is 12.4 Å². The highest BCUT2D eigenvalue weighted by Gasteiger charge is 2.08. The first-order chi connectivity index (χ1) is 14.8. The second-order valence-corrected chi connectivity index (χ2v) is 9.27. The number of sulfonamides is 1. The summed E-state index contributed by atoms with van der Waals surface area (Å²) in [7, 11) is -3.14. The number of aromatic hydroxyl groups is 2. The molecular weight excluding hydrogens is 464 g/mol. The number of halogens is 1. The van der Waals surface area contributed by atoms with Crippen LogP contribution in [0.3, 0.4) is 0 Å². The Kier molecular flexibility index (Phi) is 10.7. The van der Waals surface area contributed by atoms with Gasteiger partial charge in [0.2, 0.25) is 10.0 Å². The van der Waals surface area contributed by atoms with E-state index in [4.69, 9.17) is 5.73 Å². The van der Waals surface area contributed by atoms with Gasteiger partial charge in [-0.1, -0.05) is 7.43 Å². The Morgan fingerprint density at radius 2 is 1.39 bits per heavy atom. The van der Waals surface area contributed by atoms with Crippen LogP contribution in [0.15, 0.2) is 48.8 Å². The number of hydrogen-bond acceptors (Lipinski definition) is 5. The summed E-state index contributed by atoms with van der Waals surface area (Å²) in [6.45, 7) is 2.59. The average molecular weight is 497 g/mol. The first kappa shape index (κ1) is 28.3. The molecule has 2 aromatic carbocycles. The summed E-state index contributed by atoms with van der Waals surface area (Å²) >= 11 is 0. The van der Waals surface area contributed by atoms with Crippen molar-refractivity contribution in [2.24, 2.45) is 5.73 Å². The van der Waals surface area contributed by atoms with E-state index in [-0.39, 0.29) is 31.3 Å². The van der Waals surface area contributed by atoms with Gasteiger partial charge in [-0.2, -0.15) is 0 Å². The minimum atomic E-state index is -3.14. The Bertz CT molecular complexity index is 1270. The number of aromatic nitrogens is 2. The van der Waals surface area contributed by atoms with Crippen LogP contribution in [0.4, 0.5) is 0 Å². The zero-order valence-corrected chi connectivity index (χ0v) is 19.4. The van der Waals surface area contributed by atoms with Gasteiger partial charge in [-0.15, -0.1) is 12.4 Å². The first-order valence-corrected chi connectivity index (χ1v) is 11.7. The molecule has 4 aromatic rings. The van der Waals surface area contributed by atoms with Gasteiger partial charge in [0.15, 0.2) is 0 Å². The maximum Gasteiger partial charge on any atom is 0.211 e. The number of H-pyrrole nitrogens is 2. The van der Waals surface area contributed by atoms with Crippen LogP contribution in [0.1, 0.15) is 25.5 Å². The number of phenols is 2. The molecular formula is C23H33ClN4O4S. The number of rotatable bonds is 7. The van der Waals surface area contributed by atoms with Crippen LogP contribution in [-0.2, 0) is 22.9 Å². The molecule has 4 rings (SSSR count). The first-order valence-electron chi connectivity index (χ1n) is 10.1. The number of aromatic amines is 2. The topological polar surface area (TPSA) is 144 Å². The van der Waals surface area contributed by atoms with Gasteiger partial charge >= 0.3 is 0 Å². The van der Waals surface area contributed by atoms with Crippen molar-refractivity contribution < 1.29 is 18.6 Å². The maximum absolute atomic E-state index is 11.3. The number of nitrogens with one attached hydrogen (secondary N) is 3. The Labute approximate surface area is 200 Å². The highest BCUT2D eigenvalue weighted by molar-refractivity contribution is 7.89. The van der Waals surface area contributed by atoms with Crippen molar-refractivity contribution >= 4 is 44.2 Å². The van der Waals surface area contributed by atoms with E-state index in [9.17, 15) is 18.6 Å². The molecule has 182 valence electrons. The molecule has 0 bridgehead atoms. The second kappa shape index (κ2) is 12.5. The summed E-state index contributed by atoms with van der Waals surface area (Å²) in [6.07, 6.45) is 5.20. The fourth-order valence-corrected chi connectivity index (χ4v) is 3.96. The quantitative estimate of drug-likeness (QED) is 0.230. The van der Waals surface area contributed by atoms with Gasteiger partial charge < -0.3 is 25.9 Å². The highest BCUT2D eigenvalue weighted by Crippen LogP contribution is 2.23. The number of hydrogen-bond donors (Lipinski definition) is 6. The van der Waals surface area contributed by atoms with E-state index >= 15 is 0 Å². The molecule has 0 atom stereocenters. The molecule has 2 aromatic heterocycles. The molecule has 33 heavy (non-hydrogen) atoms. The lowest BCUT2D eigenvalue weighted by molar-refractivity contribution is 0.475. The van der Waals surface area contributed by atoms with Crippen LogP contribution < -0.4 is 10.5 Å². The Morgan fingerprint density at radius 3 is 1.85 bits per heavy atom. The lowest BCUT2D eigenvalue weighted by Crippen LogP contribution is -2.27. The largest absolute Gasteiger partial charge is 0.508 e. The van der Waals surface area contributed by atoms with Crippen molar-refractivity contribution in [2.75, 3.05) is 18.8 Å². The summed E-state index contributed by atoms with van der Waals surface area (Å²) < 4.78 is 25.1. The fraction of sp³-hybridized carbons (Fsp3) is 0.304. The summed E-state index contributed by atoms with van der Waals surface area (Å²) in [4.78, 5) is 6.22. The SMILES string of the molecule is C.CCS(=O)(=O)NCCc1c[nH]c2ccc(O)cc12.Cl.NCCc1c[nH]c2ccc(O)cc12. The minimum absolute atomic E-state index is 0. The zero-order valence-electron chi connectivity index (χ0n) is 17.8. The molecule has 2 heterocycles. The van der Waals surface area contributed by atoms with Crippen molar-refractivity contribution in [1.29, 1.82) is 0 Å². The molecule has 0 spiro atoms. The van der Waals surface area contributed by atoms with E-state index in [2.05, 4.69) is 14.7 Å². The number of phenolic OH excluding ortho intramolecular Hbond substituents is 2. The molecule has 0 saturated heterocycles. The summed E-state index contributed by atoms with van der Waals surface area (Å²) in [5.74, 6) is 0.588. The molecule has 0 unspecified atom stereocenters. The Hall–Kier alpha value is -2.72. The van der Waals surface area contributed by atoms with Gasteiger partial charge in [0.05, 0.1) is 5.75 Å². The van der Waals surface area contributed by atoms with Crippen LogP contribution in [-0.4, -0.2) is 47.4 Å². The number of nitrogens with two attached hydrogens (primary N) is 1. The van der Waals surface area contributed by atoms with Crippen molar-refractivity contribution in [2.45, 2.75) is 27.2 Å². The Morgan fingerprint density at radius 1 is 0.909 bits per heavy atom. The molecule has 0 saturated carbocycles. The molecule has 0 aliphatic carbocycles. The van der Waals surface area contributed by atoms with Gasteiger partial charge in [0.1, 0.15) is 11.5 Å². The standard InChI is InChI=1S/C12H16N2O3S.C10H12N2O.CH4.ClH/c1-2-18(16,17)14-6-5-9-8-13-12-4-3-10(15)7-11(9)12;11-4-3-7-6-12-10-2-1-8(13)5-9(7)10;;/h3-4,7-8,13-15H,2,5-6H2,1H3;1-2,5-6,12-13H,3-4,11H2;1H4;1H. The molecule has 0 aliphatic heterocycles. The third-order valence-electron chi connectivity index (χ3n) is 5.01. The third-order valence-corrected chi connectivity index (χ3v) is 6.42. The summed E-state index contributed by atoms with van der Waals surface area (Å²) in [5.41, 5.74) is 9.59. The van der Waals surface area contributed by atoms with Crippen LogP contribution in [0.25, 0.3) is 21.8 Å². The second-order valence-electron chi connectivity index (χ2n) is 7.17. The Balaban J connectivity index is 0.000000324. The minimum Gasteiger partial charge on any atom is -0.508 e. The van der Waals surface area contributed by atoms with Gasteiger partial charge in [-0.05, 0) is 73.8 Å². The number of benzene rings is 2. The zero-order chi connectivity index (χ0) is 22.4. The van der Waals surface area contributed by atoms with Gasteiger partial charge in [-0.3, -0.25) is 0 Å². The summed E-state index contributed by atoms with van der Waals surface area (Å²) in [6, 6.07) is 10.4. The van der Waals surface area contributed by atoms with E-state index in [0.29, 0.717) is 25.3 Å². The fourth-order valence-electron chi connectivity index (χ4n) is 3.35. The molecule has 8 nitrogen and oxygen atoms in total. The molecule has 0 aliphatic rings. The maximum atomic E-state index is 11.3. The lowest BCUT2D eigenvalue weighted by atomic mass is 10.1. The van der Waals surface area contributed by atoms with E-state index in [1.807, 2.05) is 18.5 Å². The van der Waals surface area contributed by atoms with E-state index in [1.54, 1.807) is 37.3 Å². The highest BCUT2D eigenvalue weighted by atomic mass is 35.5. The normalized spacial score (nSPS) is 10.8. The molecule has 0 fully saturated rings. The smallest absolute Gasteiger partial charge is 0.211 e. The molecule has 7 N–H and O–H groups in total. The number of fused-ring (bicyclic) bond motifs is 2. The molecule has 10 heteroatoms. The van der Waals surface area contributed by atoms with Crippen molar-refractivity contribution in [1.82, 2.24) is 14.7 Å². The summed E-state index contributed by atoms with van der Waals surface area (Å²) in [5, 5.41) is 20.7. The van der Waals surface area contributed by atoms with Gasteiger partial charge in [-0.25, -0.2) is 13.1 Å². The van der Waals surface area contributed by atoms with Crippen molar-refractivity contribution in [3.05, 3.63) is 59.9 Å². The van der Waals surface area contributed by atoms with Gasteiger partial charge in [0, 0.05) is 40.7 Å². The van der Waals surface area contributed by atoms with Crippen molar-refractivity contribution in [3.8, 4) is 11.5 Å². The molecule has 0 amide bonds. The van der Waals surface area contributed by atoms with Crippen LogP contribution in [0, 0.1) is 0 Å².